The molecule has 0 radical (unpaired) electrons. The predicted molar refractivity (Wildman–Crippen MR) is 169 cm³/mol. The molecule has 2 aromatic rings. The first kappa shape index (κ1) is 36.1. The quantitative estimate of drug-likeness (QED) is 0.240. The molecule has 0 saturated carbocycles. The Morgan fingerprint density at radius 3 is 2.00 bits per heavy atom. The lowest BCUT2D eigenvalue weighted by Crippen LogP contribution is -2.70. The van der Waals surface area contributed by atoms with Gasteiger partial charge in [-0.2, -0.15) is 0 Å². The highest BCUT2D eigenvalue weighted by atomic mass is 32.2. The number of esters is 1. The van der Waals surface area contributed by atoms with Crippen molar-refractivity contribution in [3.8, 4) is 0 Å². The summed E-state index contributed by atoms with van der Waals surface area (Å²) in [6.07, 6.45) is -1.84. The molecule has 2 aromatic carbocycles. The van der Waals surface area contributed by atoms with Crippen molar-refractivity contribution in [1.82, 2.24) is 14.7 Å². The molecule has 0 bridgehead atoms. The van der Waals surface area contributed by atoms with Gasteiger partial charge in [-0.05, 0) is 49.4 Å². The average Bonchev–Trinajstić information content (AvgIpc) is 2.92. The van der Waals surface area contributed by atoms with E-state index < -0.39 is 67.1 Å². The van der Waals surface area contributed by atoms with Crippen LogP contribution in [0.25, 0.3) is 0 Å². The summed E-state index contributed by atoms with van der Waals surface area (Å²) in [5, 5.41) is 2.82. The normalized spacial score (nSPS) is 18.5. The number of ether oxygens (including phenoxy) is 1. The molecule has 1 saturated heterocycles. The number of nitrogens with zero attached hydrogens (tertiary/aromatic N) is 2. The highest BCUT2D eigenvalue weighted by Crippen LogP contribution is 2.35. The summed E-state index contributed by atoms with van der Waals surface area (Å²) >= 11 is 0. The zero-order valence-electron chi connectivity index (χ0n) is 27.0. The van der Waals surface area contributed by atoms with Crippen LogP contribution in [0.5, 0.6) is 0 Å². The van der Waals surface area contributed by atoms with Gasteiger partial charge in [0.1, 0.15) is 5.60 Å². The number of hydroxylamine groups is 1. The lowest BCUT2D eigenvalue weighted by Gasteiger charge is -2.41. The summed E-state index contributed by atoms with van der Waals surface area (Å²) in [7, 11) is -6.18. The second-order valence-corrected chi connectivity index (χ2v) is 17.2. The Labute approximate surface area is 266 Å². The second-order valence-electron chi connectivity index (χ2n) is 13.3. The molecule has 0 aliphatic carbocycles. The molecule has 1 N–H and O–H groups in total. The van der Waals surface area contributed by atoms with Crippen molar-refractivity contribution in [3.05, 3.63) is 65.7 Å². The van der Waals surface area contributed by atoms with Crippen molar-refractivity contribution >= 4 is 37.7 Å². The SMILES string of the molecule is CN(C)C(=O)ON([C@@](Cc1ccccc1)(C(=O)OC(C)(C)C)C(=O)C1CS(=O)(=O)CCN1)S(=O)(=O)c1ccc(C(C)(C)C)cc1. The highest BCUT2D eigenvalue weighted by Gasteiger charge is 2.62. The van der Waals surface area contributed by atoms with E-state index >= 15 is 0 Å². The first-order chi connectivity index (χ1) is 20.6. The largest absolute Gasteiger partial charge is 0.458 e. The van der Waals surface area contributed by atoms with E-state index in [2.05, 4.69) is 5.32 Å². The fourth-order valence-corrected chi connectivity index (χ4v) is 7.54. The molecular weight excluding hydrogens is 622 g/mol. The molecule has 1 heterocycles. The second kappa shape index (κ2) is 13.2. The number of carbonyl (C=O) groups excluding carboxylic acids is 3. The van der Waals surface area contributed by atoms with Crippen LogP contribution in [0, 0.1) is 0 Å². The maximum atomic E-state index is 14.8. The summed E-state index contributed by atoms with van der Waals surface area (Å²) in [6, 6.07) is 12.3. The van der Waals surface area contributed by atoms with Gasteiger partial charge in [-0.25, -0.2) is 26.4 Å². The van der Waals surface area contributed by atoms with E-state index in [0.717, 1.165) is 10.5 Å². The van der Waals surface area contributed by atoms with E-state index in [0.29, 0.717) is 5.56 Å². The monoisotopic (exact) mass is 665 g/mol. The maximum absolute atomic E-state index is 14.8. The number of carbonyl (C=O) groups is 3. The molecule has 3 rings (SSSR count). The van der Waals surface area contributed by atoms with E-state index in [1.807, 2.05) is 20.8 Å². The van der Waals surface area contributed by atoms with Gasteiger partial charge in [-0.1, -0.05) is 63.2 Å². The molecule has 1 aliphatic heterocycles. The number of rotatable bonds is 9. The third kappa shape index (κ3) is 8.48. The fourth-order valence-electron chi connectivity index (χ4n) is 4.69. The number of hydrogen-bond donors (Lipinski definition) is 1. The standard InChI is InChI=1S/C31H43N3O9S2/c1-29(2,3)23-14-16-24(17-15-23)45(40,41)34(43-28(37)33(7)8)31(27(36)42-30(4,5)6,20-22-12-10-9-11-13-22)26(35)25-21-44(38,39)19-18-32-25/h9-17,25,32H,18-21H2,1-8H3/t25?,31-/m1/s1. The fraction of sp³-hybridized carbons (Fsp3) is 0.516. The summed E-state index contributed by atoms with van der Waals surface area (Å²) in [6.45, 7) is 10.3. The minimum absolute atomic E-state index is 0.112. The van der Waals surface area contributed by atoms with Gasteiger partial charge in [0.25, 0.3) is 10.0 Å². The minimum atomic E-state index is -5.02. The van der Waals surface area contributed by atoms with Gasteiger partial charge in [-0.15, -0.1) is 0 Å². The first-order valence-electron chi connectivity index (χ1n) is 14.4. The Morgan fingerprint density at radius 2 is 1.51 bits per heavy atom. The van der Waals surface area contributed by atoms with Crippen LogP contribution >= 0.6 is 0 Å². The molecule has 12 nitrogen and oxygen atoms in total. The van der Waals surface area contributed by atoms with Crippen molar-refractivity contribution < 1.29 is 40.8 Å². The van der Waals surface area contributed by atoms with Gasteiger partial charge in [0, 0.05) is 31.5 Å². The zero-order chi connectivity index (χ0) is 34.0. The van der Waals surface area contributed by atoms with Crippen LogP contribution in [0.2, 0.25) is 0 Å². The maximum Gasteiger partial charge on any atom is 0.429 e. The minimum Gasteiger partial charge on any atom is -0.458 e. The molecule has 1 amide bonds. The predicted octanol–water partition coefficient (Wildman–Crippen LogP) is 2.87. The van der Waals surface area contributed by atoms with Crippen LogP contribution < -0.4 is 5.32 Å². The van der Waals surface area contributed by atoms with Gasteiger partial charge in [0.05, 0.1) is 22.4 Å². The van der Waals surface area contributed by atoms with Crippen molar-refractivity contribution in [2.45, 2.75) is 75.5 Å². The lowest BCUT2D eigenvalue weighted by molar-refractivity contribution is -0.188. The number of ketones is 1. The van der Waals surface area contributed by atoms with Crippen molar-refractivity contribution in [2.24, 2.45) is 0 Å². The molecule has 14 heteroatoms. The van der Waals surface area contributed by atoms with Gasteiger partial charge in [-0.3, -0.25) is 4.79 Å². The van der Waals surface area contributed by atoms with Crippen LogP contribution in [0.15, 0.2) is 59.5 Å². The van der Waals surface area contributed by atoms with E-state index in [1.54, 1.807) is 42.5 Å². The van der Waals surface area contributed by atoms with Gasteiger partial charge < -0.3 is 19.8 Å². The van der Waals surface area contributed by atoms with Gasteiger partial charge in [0.2, 0.25) is 5.54 Å². The first-order valence-corrected chi connectivity index (χ1v) is 17.7. The number of Topliss-reactive ketones (excluding diaryl/α,β-unsaturated/α-hetero) is 1. The van der Waals surface area contributed by atoms with Crippen molar-refractivity contribution in [1.29, 1.82) is 0 Å². The third-order valence-corrected chi connectivity index (χ3v) is 10.4. The number of sulfone groups is 1. The van der Waals surface area contributed by atoms with E-state index in [4.69, 9.17) is 9.57 Å². The molecule has 45 heavy (non-hydrogen) atoms. The highest BCUT2D eigenvalue weighted by molar-refractivity contribution is 7.91. The lowest BCUT2D eigenvalue weighted by atomic mass is 9.83. The zero-order valence-corrected chi connectivity index (χ0v) is 28.6. The Hall–Kier alpha value is -3.33. The third-order valence-electron chi connectivity index (χ3n) is 7.06. The molecule has 2 atom stereocenters. The number of nitrogens with one attached hydrogen (secondary N) is 1. The van der Waals surface area contributed by atoms with Crippen LogP contribution in [0.1, 0.15) is 52.7 Å². The molecule has 0 spiro atoms. The summed E-state index contributed by atoms with van der Waals surface area (Å²) in [5.41, 5.74) is -3.35. The Balaban J connectivity index is 2.42. The number of hydrogen-bond acceptors (Lipinski definition) is 10. The number of amides is 1. The van der Waals surface area contributed by atoms with Crippen LogP contribution in [0.4, 0.5) is 4.79 Å². The van der Waals surface area contributed by atoms with E-state index in [-0.39, 0.29) is 27.1 Å². The molecule has 1 unspecified atom stereocenters. The smallest absolute Gasteiger partial charge is 0.429 e. The van der Waals surface area contributed by atoms with Crippen molar-refractivity contribution in [2.75, 3.05) is 32.1 Å². The van der Waals surface area contributed by atoms with Crippen molar-refractivity contribution in [3.63, 3.8) is 0 Å². The number of benzene rings is 2. The topological polar surface area (TPSA) is 156 Å². The van der Waals surface area contributed by atoms with E-state index in [9.17, 15) is 31.2 Å². The van der Waals surface area contributed by atoms with Crippen LogP contribution in [-0.2, 0) is 50.9 Å². The van der Waals surface area contributed by atoms with Crippen LogP contribution in [0.3, 0.4) is 0 Å². The van der Waals surface area contributed by atoms with Crippen LogP contribution in [-0.4, -0.2) is 93.4 Å². The average molecular weight is 666 g/mol. The summed E-state index contributed by atoms with van der Waals surface area (Å²) in [5.74, 6) is -3.45. The summed E-state index contributed by atoms with van der Waals surface area (Å²) < 4.78 is 60.4. The molecule has 0 aromatic heterocycles. The Bertz CT molecular complexity index is 1610. The Kier molecular flexibility index (Phi) is 10.6. The summed E-state index contributed by atoms with van der Waals surface area (Å²) in [4.78, 5) is 48.4. The van der Waals surface area contributed by atoms with Gasteiger partial charge >= 0.3 is 12.1 Å². The molecule has 248 valence electrons. The Morgan fingerprint density at radius 1 is 0.933 bits per heavy atom. The molecular formula is C31H43N3O9S2. The van der Waals surface area contributed by atoms with Gasteiger partial charge in [0.15, 0.2) is 15.6 Å². The molecule has 1 fully saturated rings. The van der Waals surface area contributed by atoms with E-state index in [1.165, 1.54) is 47.0 Å². The molecule has 1 aliphatic rings. The number of sulfonamides is 1.